The van der Waals surface area contributed by atoms with E-state index in [1.165, 1.54) is 12.1 Å². The summed E-state index contributed by atoms with van der Waals surface area (Å²) in [5, 5.41) is 61.8. The molecule has 7 N–H and O–H groups in total. The molecule has 0 bridgehead atoms. The molecule has 7 atom stereocenters. The predicted octanol–water partition coefficient (Wildman–Crippen LogP) is 3.16. The van der Waals surface area contributed by atoms with Gasteiger partial charge in [-0.15, -0.1) is 0 Å². The van der Waals surface area contributed by atoms with E-state index in [9.17, 15) is 34.7 Å². The number of hydrogen-bond donors (Lipinski definition) is 7. The first-order chi connectivity index (χ1) is 24.6. The zero-order valence-electron chi connectivity index (χ0n) is 28.3. The third-order valence-electron chi connectivity index (χ3n) is 9.23. The number of carbonyl (C=O) groups excluding carboxylic acids is 1. The highest BCUT2D eigenvalue weighted by Crippen LogP contribution is 2.46. The van der Waals surface area contributed by atoms with E-state index in [-0.39, 0.29) is 30.2 Å². The van der Waals surface area contributed by atoms with E-state index in [1.54, 1.807) is 24.1 Å². The molecule has 11 nitrogen and oxygen atoms in total. The van der Waals surface area contributed by atoms with Gasteiger partial charge in [0.15, 0.2) is 0 Å². The van der Waals surface area contributed by atoms with E-state index in [0.29, 0.717) is 43.1 Å². The van der Waals surface area contributed by atoms with Gasteiger partial charge >= 0.3 is 0 Å². The Morgan fingerprint density at radius 3 is 2.02 bits per heavy atom. The van der Waals surface area contributed by atoms with Crippen molar-refractivity contribution >= 4 is 11.6 Å². The molecule has 1 aliphatic heterocycles. The van der Waals surface area contributed by atoms with Gasteiger partial charge in [-0.1, -0.05) is 48.5 Å². The fraction of sp³-hybridized carbons (Fsp3) is 0.359. The lowest BCUT2D eigenvalue weighted by atomic mass is 9.78. The van der Waals surface area contributed by atoms with E-state index < -0.39 is 37.1 Å². The number of hydrogen-bond acceptors (Lipinski definition) is 10. The monoisotopic (exact) mass is 704 g/mol. The normalized spacial score (nSPS) is 18.7. The van der Waals surface area contributed by atoms with Crippen LogP contribution in [-0.2, 0) is 17.9 Å². The number of aliphatic hydroxyl groups is 6. The van der Waals surface area contributed by atoms with Crippen LogP contribution in [0.4, 0.5) is 10.1 Å². The first-order valence-corrected chi connectivity index (χ1v) is 16.8. The molecule has 1 amide bonds. The zero-order valence-corrected chi connectivity index (χ0v) is 28.3. The Morgan fingerprint density at radius 2 is 1.39 bits per heavy atom. The van der Waals surface area contributed by atoms with Crippen molar-refractivity contribution in [2.75, 3.05) is 25.2 Å². The Kier molecular flexibility index (Phi) is 13.1. The van der Waals surface area contributed by atoms with Gasteiger partial charge in [-0.25, -0.2) is 4.39 Å². The summed E-state index contributed by atoms with van der Waals surface area (Å²) in [6, 6.07) is 28.0. The molecule has 7 unspecified atom stereocenters. The SMILES string of the molecule is COc1ccc(C2C(CCC(O)c3ccc(F)cc3)C(=O)N2c2ccc(OCc3ccc(CNCC(O)C(O)C(O)C(O)CO)cc3)cc2)cc1. The summed E-state index contributed by atoms with van der Waals surface area (Å²) in [6.07, 6.45) is -6.20. The van der Waals surface area contributed by atoms with Gasteiger partial charge in [-0.3, -0.25) is 4.79 Å². The van der Waals surface area contributed by atoms with Crippen molar-refractivity contribution in [1.29, 1.82) is 0 Å². The molecular formula is C39H45FN2O9. The van der Waals surface area contributed by atoms with Crippen LogP contribution in [0.25, 0.3) is 0 Å². The molecule has 51 heavy (non-hydrogen) atoms. The molecule has 1 fully saturated rings. The largest absolute Gasteiger partial charge is 0.497 e. The van der Waals surface area contributed by atoms with Crippen LogP contribution < -0.4 is 19.7 Å². The van der Waals surface area contributed by atoms with Gasteiger partial charge < -0.3 is 50.3 Å². The first-order valence-electron chi connectivity index (χ1n) is 16.8. The number of anilines is 1. The minimum atomic E-state index is -1.67. The number of nitrogens with one attached hydrogen (secondary N) is 1. The summed E-state index contributed by atoms with van der Waals surface area (Å²) in [4.78, 5) is 15.3. The Bertz CT molecular complexity index is 1670. The number of amides is 1. The number of nitrogens with zero attached hydrogens (tertiary/aromatic N) is 1. The Morgan fingerprint density at radius 1 is 0.784 bits per heavy atom. The molecule has 0 aromatic heterocycles. The van der Waals surface area contributed by atoms with E-state index in [0.717, 1.165) is 22.4 Å². The van der Waals surface area contributed by atoms with Crippen LogP contribution in [0.15, 0.2) is 97.1 Å². The number of aliphatic hydroxyl groups excluding tert-OH is 6. The second-order valence-electron chi connectivity index (χ2n) is 12.7. The molecule has 0 saturated carbocycles. The summed E-state index contributed by atoms with van der Waals surface area (Å²) in [5.74, 6) is 0.560. The van der Waals surface area contributed by atoms with Gasteiger partial charge in [0.25, 0.3) is 0 Å². The Labute approximate surface area is 296 Å². The molecule has 4 aromatic rings. The van der Waals surface area contributed by atoms with Crippen LogP contribution in [0.5, 0.6) is 11.5 Å². The second kappa shape index (κ2) is 17.7. The number of β-lactam (4-membered cyclic amide) rings is 1. The number of rotatable bonds is 18. The highest BCUT2D eigenvalue weighted by molar-refractivity contribution is 6.03. The molecule has 5 rings (SSSR count). The van der Waals surface area contributed by atoms with Gasteiger partial charge in [0.2, 0.25) is 5.91 Å². The molecule has 272 valence electrons. The summed E-state index contributed by atoms with van der Waals surface area (Å²) in [5.41, 5.74) is 4.10. The standard InChI is InChI=1S/C39H45FN2O9/c1-50-30-14-8-27(9-15-30)36-32(18-19-33(44)26-6-10-28(40)11-7-26)39(49)42(36)29-12-16-31(17-13-29)51-23-25-4-2-24(3-5-25)20-41-21-34(45)37(47)38(48)35(46)22-43/h2-17,32-38,41,43-48H,18-23H2,1H3. The second-order valence-corrected chi connectivity index (χ2v) is 12.7. The zero-order chi connectivity index (χ0) is 36.5. The van der Waals surface area contributed by atoms with Crippen LogP contribution in [0.2, 0.25) is 0 Å². The van der Waals surface area contributed by atoms with Gasteiger partial charge in [0, 0.05) is 18.8 Å². The van der Waals surface area contributed by atoms with E-state index >= 15 is 0 Å². The van der Waals surface area contributed by atoms with Crippen molar-refractivity contribution in [2.45, 2.75) is 62.6 Å². The predicted molar refractivity (Wildman–Crippen MR) is 187 cm³/mol. The van der Waals surface area contributed by atoms with Crippen LogP contribution in [-0.4, -0.2) is 81.2 Å². The van der Waals surface area contributed by atoms with Gasteiger partial charge in [0.05, 0.1) is 37.9 Å². The Hall–Kier alpha value is -4.40. The van der Waals surface area contributed by atoms with Crippen molar-refractivity contribution in [3.05, 3.63) is 125 Å². The van der Waals surface area contributed by atoms with E-state index in [1.807, 2.05) is 72.8 Å². The fourth-order valence-corrected chi connectivity index (χ4v) is 6.16. The molecule has 1 saturated heterocycles. The quantitative estimate of drug-likeness (QED) is 0.0764. The number of methoxy groups -OCH3 is 1. The van der Waals surface area contributed by atoms with Crippen molar-refractivity contribution in [2.24, 2.45) is 5.92 Å². The topological polar surface area (TPSA) is 172 Å². The maximum Gasteiger partial charge on any atom is 0.233 e. The summed E-state index contributed by atoms with van der Waals surface area (Å²) >= 11 is 0. The van der Waals surface area contributed by atoms with Crippen LogP contribution in [0.3, 0.4) is 0 Å². The molecule has 1 aliphatic rings. The van der Waals surface area contributed by atoms with E-state index in [4.69, 9.17) is 14.6 Å². The third-order valence-corrected chi connectivity index (χ3v) is 9.23. The molecule has 4 aromatic carbocycles. The minimum absolute atomic E-state index is 0.0393. The maximum absolute atomic E-state index is 13.6. The highest BCUT2D eigenvalue weighted by Gasteiger charge is 2.48. The maximum atomic E-state index is 13.6. The van der Waals surface area contributed by atoms with Gasteiger partial charge in [0.1, 0.15) is 42.2 Å². The lowest BCUT2D eigenvalue weighted by Gasteiger charge is -2.48. The number of benzene rings is 4. The molecule has 1 heterocycles. The molecule has 0 spiro atoms. The summed E-state index contributed by atoms with van der Waals surface area (Å²) in [6.45, 7) is -0.0874. The van der Waals surface area contributed by atoms with E-state index in [2.05, 4.69) is 5.32 Å². The van der Waals surface area contributed by atoms with Crippen molar-refractivity contribution in [3.8, 4) is 11.5 Å². The van der Waals surface area contributed by atoms with Crippen LogP contribution >= 0.6 is 0 Å². The first kappa shape index (κ1) is 37.8. The molecule has 12 heteroatoms. The Balaban J connectivity index is 1.15. The minimum Gasteiger partial charge on any atom is -0.497 e. The van der Waals surface area contributed by atoms with Crippen molar-refractivity contribution < 1.29 is 49.3 Å². The van der Waals surface area contributed by atoms with Crippen LogP contribution in [0, 0.1) is 11.7 Å². The summed E-state index contributed by atoms with van der Waals surface area (Å²) < 4.78 is 24.7. The average molecular weight is 705 g/mol. The van der Waals surface area contributed by atoms with Crippen molar-refractivity contribution in [1.82, 2.24) is 5.32 Å². The number of ether oxygens (including phenoxy) is 2. The third kappa shape index (κ3) is 9.48. The number of carbonyl (C=O) groups is 1. The van der Waals surface area contributed by atoms with Gasteiger partial charge in [-0.2, -0.15) is 0 Å². The lowest BCUT2D eigenvalue weighted by molar-refractivity contribution is -0.131. The summed E-state index contributed by atoms with van der Waals surface area (Å²) in [7, 11) is 1.60. The highest BCUT2D eigenvalue weighted by atomic mass is 19.1. The lowest BCUT2D eigenvalue weighted by Crippen LogP contribution is -2.55. The fourth-order valence-electron chi connectivity index (χ4n) is 6.16. The van der Waals surface area contributed by atoms with Crippen molar-refractivity contribution in [3.63, 3.8) is 0 Å². The molecule has 0 aliphatic carbocycles. The van der Waals surface area contributed by atoms with Gasteiger partial charge in [-0.05, 0) is 83.6 Å². The number of halogens is 1. The smallest absolute Gasteiger partial charge is 0.233 e. The molecule has 0 radical (unpaired) electrons. The van der Waals surface area contributed by atoms with Crippen LogP contribution in [0.1, 0.15) is 47.2 Å². The average Bonchev–Trinajstić information content (AvgIpc) is 3.16. The molecular weight excluding hydrogens is 659 g/mol.